The lowest BCUT2D eigenvalue weighted by Crippen LogP contribution is -1.53. The largest absolute Gasteiger partial charge is 0.549 e. The Morgan fingerprint density at radius 1 is 1.17 bits per heavy atom. The van der Waals surface area contributed by atoms with Gasteiger partial charge in [0.05, 0.1) is 0 Å². The van der Waals surface area contributed by atoms with Crippen molar-refractivity contribution in [1.29, 1.82) is 0 Å². The highest BCUT2D eigenvalue weighted by atomic mass is 28.2. The van der Waals surface area contributed by atoms with Crippen LogP contribution in [0, 0.1) is 0 Å². The highest BCUT2D eigenvalue weighted by molar-refractivity contribution is 6.31. The molecule has 0 saturated carbocycles. The molecule has 0 spiro atoms. The predicted molar refractivity (Wildman–Crippen MR) is 24.6 cm³/mol. The van der Waals surface area contributed by atoms with Crippen molar-refractivity contribution in [3.8, 4) is 0 Å². The first kappa shape index (κ1) is 9.40. The third-order valence-electron chi connectivity index (χ3n) is 0. The first-order valence-corrected chi connectivity index (χ1v) is 4.22. The number of hydrogen-bond acceptors (Lipinski definition) is 2. The molecule has 0 aromatic rings. The van der Waals surface area contributed by atoms with E-state index >= 15 is 0 Å². The molecule has 0 aromatic carbocycles. The second-order valence-electron chi connectivity index (χ2n) is 0.583. The van der Waals surface area contributed by atoms with E-state index in [2.05, 4.69) is 13.1 Å². The molecule has 0 amide bonds. The maximum Gasteiger partial charge on any atom is 0.549 e. The van der Waals surface area contributed by atoms with Gasteiger partial charge >= 0.3 is 9.29 Å². The molecular weight excluding hydrogens is 112 g/mol. The normalized spacial score (nSPS) is 4.33. The summed E-state index contributed by atoms with van der Waals surface area (Å²) in [5.41, 5.74) is 0. The second-order valence-corrected chi connectivity index (χ2v) is 1.75. The van der Waals surface area contributed by atoms with E-state index in [1.54, 1.807) is 0 Å². The summed E-state index contributed by atoms with van der Waals surface area (Å²) >= 11 is 0. The molecule has 0 aromatic heterocycles. The molecule has 2 nitrogen and oxygen atoms in total. The van der Waals surface area contributed by atoms with E-state index in [4.69, 9.17) is 8.92 Å². The Labute approximate surface area is 41.7 Å². The van der Waals surface area contributed by atoms with Gasteiger partial charge in [-0.25, -0.2) is 0 Å². The molecule has 0 aliphatic rings. The van der Waals surface area contributed by atoms with Gasteiger partial charge in [-0.05, 0) is 0 Å². The van der Waals surface area contributed by atoms with Gasteiger partial charge in [-0.15, -0.1) is 0 Å². The lowest BCUT2D eigenvalue weighted by atomic mass is 11.9. The van der Waals surface area contributed by atoms with E-state index < -0.39 is 9.29 Å². The highest BCUT2D eigenvalue weighted by Crippen LogP contribution is 1.36. The lowest BCUT2D eigenvalue weighted by Gasteiger charge is -1.44. The Bertz CT molecular complexity index is 38.8. The Balaban J connectivity index is 0. The average Bonchev–Trinajstić information content (AvgIpc) is 1.39. The topological polar surface area (TPSA) is 34.1 Å². The van der Waals surface area contributed by atoms with E-state index in [0.29, 0.717) is 0 Å². The van der Waals surface area contributed by atoms with Crippen molar-refractivity contribution in [1.82, 2.24) is 0 Å². The van der Waals surface area contributed by atoms with Gasteiger partial charge in [-0.2, -0.15) is 0 Å². The number of rotatable bonds is 0. The Kier molecular flexibility index (Phi) is 31.0. The van der Waals surface area contributed by atoms with Crippen LogP contribution in [0.3, 0.4) is 0 Å². The van der Waals surface area contributed by atoms with E-state index in [1.807, 2.05) is 0 Å². The average molecular weight is 118 g/mol. The van der Waals surface area contributed by atoms with Gasteiger partial charge in [0, 0.05) is 9.52 Å². The molecular formula is C2H6O2Si2. The molecule has 0 aliphatic heterocycles. The molecule has 6 heavy (non-hydrogen) atoms. The monoisotopic (exact) mass is 118 g/mol. The van der Waals surface area contributed by atoms with Crippen LogP contribution >= 0.6 is 0 Å². The summed E-state index contributed by atoms with van der Waals surface area (Å²) in [5.74, 6) is 0. The van der Waals surface area contributed by atoms with Crippen molar-refractivity contribution >= 4 is 18.8 Å². The van der Waals surface area contributed by atoms with E-state index in [0.717, 1.165) is 9.52 Å². The summed E-state index contributed by atoms with van der Waals surface area (Å²) in [7, 11) is -0.333. The van der Waals surface area contributed by atoms with Crippen LogP contribution in [0.25, 0.3) is 0 Å². The van der Waals surface area contributed by atoms with Gasteiger partial charge in [-0.3, -0.25) is 8.92 Å². The van der Waals surface area contributed by atoms with E-state index in [9.17, 15) is 0 Å². The molecule has 4 heteroatoms. The zero-order valence-electron chi connectivity index (χ0n) is 3.82. The molecule has 0 fully saturated rings. The maximum absolute atomic E-state index is 8.40. The van der Waals surface area contributed by atoms with Crippen molar-refractivity contribution in [2.75, 3.05) is 0 Å². The first-order valence-electron chi connectivity index (χ1n) is 1.41. The molecule has 2 radical (unpaired) electrons. The fraction of sp³-hybridized carbons (Fsp3) is 1.00. The minimum atomic E-state index is -1.42. The summed E-state index contributed by atoms with van der Waals surface area (Å²) in [6.07, 6.45) is 0. The molecule has 0 heterocycles. The van der Waals surface area contributed by atoms with Crippen molar-refractivity contribution in [3.05, 3.63) is 0 Å². The molecule has 0 unspecified atom stereocenters. The van der Waals surface area contributed by atoms with Crippen molar-refractivity contribution in [2.24, 2.45) is 0 Å². The van der Waals surface area contributed by atoms with Crippen molar-refractivity contribution < 1.29 is 8.92 Å². The van der Waals surface area contributed by atoms with Gasteiger partial charge in [-0.1, -0.05) is 13.1 Å². The number of hydrogen-bond donors (Lipinski definition) is 0. The summed E-state index contributed by atoms with van der Waals surface area (Å²) < 4.78 is 16.8. The molecule has 0 bridgehead atoms. The predicted octanol–water partition coefficient (Wildman–Crippen LogP) is 0.168. The molecule has 0 N–H and O–H groups in total. The molecule has 0 rings (SSSR count). The van der Waals surface area contributed by atoms with Gasteiger partial charge in [0.2, 0.25) is 0 Å². The third-order valence-corrected chi connectivity index (χ3v) is 0. The smallest absolute Gasteiger partial charge is 0.274 e. The van der Waals surface area contributed by atoms with Crippen LogP contribution in [-0.4, -0.2) is 18.8 Å². The molecule has 34 valence electrons. The summed E-state index contributed by atoms with van der Waals surface area (Å²) in [6, 6.07) is 0. The Morgan fingerprint density at radius 2 is 1.17 bits per heavy atom. The van der Waals surface area contributed by atoms with Crippen molar-refractivity contribution in [3.63, 3.8) is 0 Å². The highest BCUT2D eigenvalue weighted by Gasteiger charge is 1.39. The van der Waals surface area contributed by atoms with Crippen LogP contribution < -0.4 is 0 Å². The van der Waals surface area contributed by atoms with Crippen LogP contribution in [-0.2, 0) is 8.92 Å². The van der Waals surface area contributed by atoms with Crippen molar-refractivity contribution in [2.45, 2.75) is 13.1 Å². The maximum atomic E-state index is 8.40. The van der Waals surface area contributed by atoms with Crippen LogP contribution in [0.2, 0.25) is 13.1 Å². The second kappa shape index (κ2) is 19.8. The van der Waals surface area contributed by atoms with Gasteiger partial charge < -0.3 is 0 Å². The van der Waals surface area contributed by atoms with Gasteiger partial charge in [0.25, 0.3) is 0 Å². The Hall–Kier alpha value is 0.0338. The zero-order chi connectivity index (χ0) is 5.41. The van der Waals surface area contributed by atoms with Crippen LogP contribution in [0.1, 0.15) is 0 Å². The van der Waals surface area contributed by atoms with Crippen LogP contribution in [0.4, 0.5) is 0 Å². The summed E-state index contributed by atoms with van der Waals surface area (Å²) in [4.78, 5) is 0. The summed E-state index contributed by atoms with van der Waals surface area (Å²) in [5, 5.41) is 0. The van der Waals surface area contributed by atoms with E-state index in [-0.39, 0.29) is 0 Å². The lowest BCUT2D eigenvalue weighted by molar-refractivity contribution is 0.497. The minimum Gasteiger partial charge on any atom is -0.274 e. The minimum absolute atomic E-state index is 1.08. The zero-order valence-corrected chi connectivity index (χ0v) is 5.82. The molecule has 0 aliphatic carbocycles. The van der Waals surface area contributed by atoms with E-state index in [1.165, 1.54) is 0 Å². The molecule has 0 atom stereocenters. The Morgan fingerprint density at radius 3 is 1.17 bits per heavy atom. The quantitative estimate of drug-likeness (QED) is 0.425. The fourth-order valence-electron chi connectivity index (χ4n) is 0. The molecule has 0 saturated heterocycles. The van der Waals surface area contributed by atoms with Crippen LogP contribution in [0.15, 0.2) is 0 Å². The SMILES string of the molecule is C[Si]C.O=[Si]=O. The van der Waals surface area contributed by atoms with Crippen LogP contribution in [0.5, 0.6) is 0 Å². The summed E-state index contributed by atoms with van der Waals surface area (Å²) in [6.45, 7) is 4.31. The van der Waals surface area contributed by atoms with Gasteiger partial charge in [0.1, 0.15) is 0 Å². The first-order chi connectivity index (χ1) is 2.83. The standard InChI is InChI=1S/C2H6Si.O2Si/c2*1-3-2/h1-2H3;. The third kappa shape index (κ3) is 32600. The van der Waals surface area contributed by atoms with Gasteiger partial charge in [0.15, 0.2) is 0 Å². The fourth-order valence-corrected chi connectivity index (χ4v) is 0.